The van der Waals surface area contributed by atoms with Crippen LogP contribution in [0.5, 0.6) is 0 Å². The number of rotatable bonds is 6. The summed E-state index contributed by atoms with van der Waals surface area (Å²) in [6.07, 6.45) is 0.900. The van der Waals surface area contributed by atoms with Gasteiger partial charge in [0.25, 0.3) is 5.91 Å². The van der Waals surface area contributed by atoms with Crippen LogP contribution in [0.3, 0.4) is 0 Å². The first kappa shape index (κ1) is 17.2. The molecule has 0 saturated carbocycles. The quantitative estimate of drug-likeness (QED) is 0.590. The Balaban J connectivity index is 2.24. The summed E-state index contributed by atoms with van der Waals surface area (Å²) in [5.74, 6) is -1.86. The molecule has 1 atom stereocenters. The van der Waals surface area contributed by atoms with Crippen molar-refractivity contribution in [3.8, 4) is 0 Å². The highest BCUT2D eigenvalue weighted by Gasteiger charge is 2.40. The van der Waals surface area contributed by atoms with Crippen LogP contribution >= 0.6 is 24.0 Å². The van der Waals surface area contributed by atoms with Gasteiger partial charge in [0.1, 0.15) is 21.9 Å². The van der Waals surface area contributed by atoms with E-state index in [4.69, 9.17) is 21.7 Å². The molecule has 1 aromatic heterocycles. The first-order valence-electron chi connectivity index (χ1n) is 6.57. The molecule has 0 spiro atoms. The second kappa shape index (κ2) is 6.97. The largest absolute Gasteiger partial charge is 0.481 e. The van der Waals surface area contributed by atoms with Gasteiger partial charge >= 0.3 is 11.9 Å². The number of carboxylic acids is 2. The number of carboxylic acid groups (broad SMARTS) is 2. The maximum atomic E-state index is 12.4. The van der Waals surface area contributed by atoms with Gasteiger partial charge in [0.2, 0.25) is 0 Å². The number of hydrogen-bond donors (Lipinski definition) is 2. The molecule has 9 heteroatoms. The van der Waals surface area contributed by atoms with E-state index in [0.717, 1.165) is 16.7 Å². The van der Waals surface area contributed by atoms with Gasteiger partial charge in [-0.05, 0) is 25.5 Å². The molecule has 122 valence electrons. The summed E-state index contributed by atoms with van der Waals surface area (Å²) in [5.41, 5.74) is 0. The number of aryl methyl sites for hydroxylation is 1. The highest BCUT2D eigenvalue weighted by Crippen LogP contribution is 2.35. The van der Waals surface area contributed by atoms with Gasteiger partial charge in [0.15, 0.2) is 0 Å². The second-order valence-electron chi connectivity index (χ2n) is 4.79. The van der Waals surface area contributed by atoms with Crippen LogP contribution in [-0.2, 0) is 14.4 Å². The fraction of sp³-hybridized carbons (Fsp3) is 0.286. The molecule has 1 aromatic rings. The zero-order valence-electron chi connectivity index (χ0n) is 12.0. The van der Waals surface area contributed by atoms with Crippen molar-refractivity contribution in [1.82, 2.24) is 4.90 Å². The Morgan fingerprint density at radius 2 is 2.13 bits per heavy atom. The van der Waals surface area contributed by atoms with Crippen LogP contribution in [0.4, 0.5) is 0 Å². The van der Waals surface area contributed by atoms with Gasteiger partial charge in [0, 0.05) is 12.5 Å². The third kappa shape index (κ3) is 3.99. The third-order valence-corrected chi connectivity index (χ3v) is 4.42. The van der Waals surface area contributed by atoms with E-state index >= 15 is 0 Å². The lowest BCUT2D eigenvalue weighted by molar-refractivity contribution is -0.146. The maximum absolute atomic E-state index is 12.4. The van der Waals surface area contributed by atoms with Crippen molar-refractivity contribution in [2.45, 2.75) is 25.8 Å². The van der Waals surface area contributed by atoms with Crippen LogP contribution in [0, 0.1) is 6.92 Å². The van der Waals surface area contributed by atoms with Gasteiger partial charge in [-0.15, -0.1) is 0 Å². The van der Waals surface area contributed by atoms with Gasteiger partial charge in [-0.1, -0.05) is 24.0 Å². The van der Waals surface area contributed by atoms with Crippen molar-refractivity contribution >= 4 is 52.2 Å². The van der Waals surface area contributed by atoms with Gasteiger partial charge in [0.05, 0.1) is 4.91 Å². The van der Waals surface area contributed by atoms with Gasteiger partial charge < -0.3 is 14.6 Å². The molecule has 0 bridgehead atoms. The second-order valence-corrected chi connectivity index (χ2v) is 6.46. The molecule has 1 saturated heterocycles. The lowest BCUT2D eigenvalue weighted by Crippen LogP contribution is -2.44. The highest BCUT2D eigenvalue weighted by molar-refractivity contribution is 8.26. The maximum Gasteiger partial charge on any atom is 0.326 e. The highest BCUT2D eigenvalue weighted by atomic mass is 32.2. The molecule has 0 aromatic carbocycles. The summed E-state index contributed by atoms with van der Waals surface area (Å²) in [6.45, 7) is 1.76. The summed E-state index contributed by atoms with van der Waals surface area (Å²) in [6, 6.07) is 2.11. The topological polar surface area (TPSA) is 108 Å². The molecular weight excluding hydrogens is 342 g/mol. The Morgan fingerprint density at radius 3 is 2.65 bits per heavy atom. The van der Waals surface area contributed by atoms with Crippen LogP contribution in [0.1, 0.15) is 24.4 Å². The van der Waals surface area contributed by atoms with Crippen molar-refractivity contribution in [3.63, 3.8) is 0 Å². The van der Waals surface area contributed by atoms with E-state index in [1.807, 2.05) is 0 Å². The van der Waals surface area contributed by atoms with Crippen molar-refractivity contribution in [1.29, 1.82) is 0 Å². The van der Waals surface area contributed by atoms with Crippen LogP contribution < -0.4 is 0 Å². The summed E-state index contributed by atoms with van der Waals surface area (Å²) in [7, 11) is 0. The van der Waals surface area contributed by atoms with Crippen LogP contribution in [0.25, 0.3) is 6.08 Å². The summed E-state index contributed by atoms with van der Waals surface area (Å²) >= 11 is 6.04. The third-order valence-electron chi connectivity index (χ3n) is 3.09. The van der Waals surface area contributed by atoms with Crippen molar-refractivity contribution in [3.05, 3.63) is 28.6 Å². The Morgan fingerprint density at radius 1 is 1.43 bits per heavy atom. The Bertz CT molecular complexity index is 708. The number of carbonyl (C=O) groups is 3. The molecule has 1 aliphatic rings. The van der Waals surface area contributed by atoms with Gasteiger partial charge in [-0.3, -0.25) is 14.5 Å². The van der Waals surface area contributed by atoms with E-state index in [2.05, 4.69) is 0 Å². The SMILES string of the molecule is Cc1ccc(/C=C2\SC(=S)N(C(CCC(=O)O)C(=O)O)C2=O)o1. The van der Waals surface area contributed by atoms with Gasteiger partial charge in [-0.2, -0.15) is 0 Å². The molecule has 0 aliphatic carbocycles. The number of thiocarbonyl (C=S) groups is 1. The smallest absolute Gasteiger partial charge is 0.326 e. The molecule has 2 heterocycles. The Hall–Kier alpha value is -2.13. The fourth-order valence-corrected chi connectivity index (χ4v) is 3.37. The van der Waals surface area contributed by atoms with E-state index in [0.29, 0.717) is 11.5 Å². The van der Waals surface area contributed by atoms with Crippen LogP contribution in [-0.4, -0.2) is 43.3 Å². The minimum atomic E-state index is -1.30. The first-order chi connectivity index (χ1) is 10.8. The number of carbonyl (C=O) groups excluding carboxylic acids is 1. The molecule has 1 fully saturated rings. The zero-order chi connectivity index (χ0) is 17.1. The summed E-state index contributed by atoms with van der Waals surface area (Å²) in [4.78, 5) is 35.6. The molecule has 1 amide bonds. The minimum absolute atomic E-state index is 0.0855. The number of nitrogens with zero attached hydrogens (tertiary/aromatic N) is 1. The molecule has 2 N–H and O–H groups in total. The normalized spacial score (nSPS) is 17.8. The molecule has 1 aliphatic heterocycles. The van der Waals surface area contributed by atoms with Gasteiger partial charge in [-0.25, -0.2) is 4.79 Å². The zero-order valence-corrected chi connectivity index (χ0v) is 13.6. The minimum Gasteiger partial charge on any atom is -0.481 e. The molecule has 1 unspecified atom stereocenters. The molecule has 2 rings (SSSR count). The predicted molar refractivity (Wildman–Crippen MR) is 86.8 cm³/mol. The van der Waals surface area contributed by atoms with Crippen molar-refractivity contribution < 1.29 is 29.0 Å². The standard InChI is InChI=1S/C14H13NO6S2/c1-7-2-3-8(21-7)6-10-12(18)15(14(22)23-10)9(13(19)20)4-5-11(16)17/h2-3,6,9H,4-5H2,1H3,(H,16,17)(H,19,20)/b10-6-. The average Bonchev–Trinajstić information content (AvgIpc) is 2.96. The van der Waals surface area contributed by atoms with Crippen molar-refractivity contribution in [2.75, 3.05) is 0 Å². The van der Waals surface area contributed by atoms with Crippen LogP contribution in [0.15, 0.2) is 21.5 Å². The predicted octanol–water partition coefficient (Wildman–Crippen LogP) is 2.11. The van der Waals surface area contributed by atoms with Crippen molar-refractivity contribution in [2.24, 2.45) is 0 Å². The lowest BCUT2D eigenvalue weighted by Gasteiger charge is -2.22. The number of amides is 1. The molecule has 7 nitrogen and oxygen atoms in total. The van der Waals surface area contributed by atoms with E-state index in [1.165, 1.54) is 6.08 Å². The van der Waals surface area contributed by atoms with Crippen LogP contribution in [0.2, 0.25) is 0 Å². The van der Waals surface area contributed by atoms with E-state index in [9.17, 15) is 19.5 Å². The molecule has 23 heavy (non-hydrogen) atoms. The van der Waals surface area contributed by atoms with E-state index in [-0.39, 0.29) is 22.1 Å². The molecule has 0 radical (unpaired) electrons. The number of hydrogen-bond acceptors (Lipinski definition) is 6. The Kier molecular flexibility index (Phi) is 5.22. The monoisotopic (exact) mass is 355 g/mol. The van der Waals surface area contributed by atoms with E-state index < -0.39 is 23.9 Å². The number of thioether (sulfide) groups is 1. The summed E-state index contributed by atoms with van der Waals surface area (Å²) in [5, 5.41) is 18.0. The number of furan rings is 1. The first-order valence-corrected chi connectivity index (χ1v) is 7.80. The average molecular weight is 355 g/mol. The Labute approximate surface area is 140 Å². The number of aliphatic carboxylic acids is 2. The fourth-order valence-electron chi connectivity index (χ4n) is 2.03. The molecular formula is C14H13NO6S2. The summed E-state index contributed by atoms with van der Waals surface area (Å²) < 4.78 is 5.44. The lowest BCUT2D eigenvalue weighted by atomic mass is 10.1. The van der Waals surface area contributed by atoms with E-state index in [1.54, 1.807) is 19.1 Å².